The second-order valence-electron chi connectivity index (χ2n) is 2.03. The predicted molar refractivity (Wildman–Crippen MR) is 38.8 cm³/mol. The summed E-state index contributed by atoms with van der Waals surface area (Å²) in [5.41, 5.74) is 1.54. The van der Waals surface area contributed by atoms with E-state index in [2.05, 4.69) is 6.58 Å². The number of hydrogen-bond donors (Lipinski definition) is 0. The number of rotatable bonds is 2. The third-order valence-corrected chi connectivity index (χ3v) is 0.803. The first-order chi connectivity index (χ1) is 4.16. The molecule has 0 aromatic heterocycles. The van der Waals surface area contributed by atoms with Crippen molar-refractivity contribution < 1.29 is 4.39 Å². The maximum Gasteiger partial charge on any atom is 0.0896 e. The van der Waals surface area contributed by atoms with Crippen LogP contribution >= 0.6 is 0 Å². The van der Waals surface area contributed by atoms with E-state index in [0.717, 1.165) is 5.57 Å². The molecule has 1 heteroatoms. The molecule has 0 aliphatic carbocycles. The van der Waals surface area contributed by atoms with E-state index in [1.165, 1.54) is 0 Å². The van der Waals surface area contributed by atoms with Gasteiger partial charge in [0.1, 0.15) is 0 Å². The van der Waals surface area contributed by atoms with Gasteiger partial charge in [-0.05, 0) is 19.4 Å². The smallest absolute Gasteiger partial charge is 0.0896 e. The molecule has 0 amide bonds. The Kier molecular flexibility index (Phi) is 3.69. The van der Waals surface area contributed by atoms with Crippen molar-refractivity contribution in [1.82, 2.24) is 0 Å². The van der Waals surface area contributed by atoms with E-state index in [1.807, 2.05) is 6.92 Å². The molecule has 0 atom stereocenters. The van der Waals surface area contributed by atoms with Crippen molar-refractivity contribution in [2.24, 2.45) is 0 Å². The summed E-state index contributed by atoms with van der Waals surface area (Å²) in [5, 5.41) is 0. The molecule has 0 N–H and O–H groups in total. The largest absolute Gasteiger partial charge is 0.215 e. The highest BCUT2D eigenvalue weighted by Crippen LogP contribution is 1.97. The Hall–Kier alpha value is -0.850. The van der Waals surface area contributed by atoms with E-state index in [9.17, 15) is 4.39 Å². The Morgan fingerprint density at radius 3 is 2.22 bits per heavy atom. The van der Waals surface area contributed by atoms with Crippen LogP contribution in [0.2, 0.25) is 0 Å². The van der Waals surface area contributed by atoms with Crippen LogP contribution in [0.25, 0.3) is 0 Å². The van der Waals surface area contributed by atoms with Gasteiger partial charge in [-0.15, -0.1) is 0 Å². The van der Waals surface area contributed by atoms with Crippen LogP contribution in [-0.2, 0) is 0 Å². The van der Waals surface area contributed by atoms with E-state index in [-0.39, 0.29) is 0 Å². The normalized spacial score (nSPS) is 12.6. The zero-order valence-corrected chi connectivity index (χ0v) is 5.82. The summed E-state index contributed by atoms with van der Waals surface area (Å²) in [4.78, 5) is 0. The van der Waals surface area contributed by atoms with E-state index in [0.29, 0.717) is 11.9 Å². The minimum Gasteiger partial charge on any atom is -0.215 e. The van der Waals surface area contributed by atoms with Crippen molar-refractivity contribution in [3.63, 3.8) is 0 Å². The molecule has 0 radical (unpaired) electrons. The first-order valence-electron chi connectivity index (χ1n) is 2.77. The summed E-state index contributed by atoms with van der Waals surface area (Å²) in [5.74, 6) is 0. The third-order valence-electron chi connectivity index (χ3n) is 0.803. The number of allylic oxidation sites excluding steroid dienone is 4. The SMILES string of the molecule is C=C(C)/C=C\C(C)=C/F. The van der Waals surface area contributed by atoms with Gasteiger partial charge in [-0.3, -0.25) is 0 Å². The zero-order chi connectivity index (χ0) is 7.28. The molecule has 0 bridgehead atoms. The molecule has 0 saturated heterocycles. The molecule has 0 aromatic rings. The van der Waals surface area contributed by atoms with Gasteiger partial charge in [0.25, 0.3) is 0 Å². The number of halogens is 1. The van der Waals surface area contributed by atoms with Crippen molar-refractivity contribution in [3.05, 3.63) is 36.2 Å². The molecule has 0 saturated carbocycles. The Labute approximate surface area is 55.4 Å². The molecule has 0 aromatic carbocycles. The molecule has 0 aliphatic heterocycles. The summed E-state index contributed by atoms with van der Waals surface area (Å²) >= 11 is 0. The molecule has 0 rings (SSSR count). The van der Waals surface area contributed by atoms with E-state index < -0.39 is 0 Å². The van der Waals surface area contributed by atoms with E-state index >= 15 is 0 Å². The molecular weight excluding hydrogens is 115 g/mol. The predicted octanol–water partition coefficient (Wildman–Crippen LogP) is 2.99. The first-order valence-corrected chi connectivity index (χ1v) is 2.77. The Balaban J connectivity index is 3.86. The fourth-order valence-corrected chi connectivity index (χ4v) is 0.310. The van der Waals surface area contributed by atoms with E-state index in [4.69, 9.17) is 0 Å². The van der Waals surface area contributed by atoms with Crippen molar-refractivity contribution >= 4 is 0 Å². The van der Waals surface area contributed by atoms with Crippen LogP contribution in [0.1, 0.15) is 13.8 Å². The summed E-state index contributed by atoms with van der Waals surface area (Å²) in [6.07, 6.45) is 4.02. The van der Waals surface area contributed by atoms with Gasteiger partial charge < -0.3 is 0 Å². The molecule has 0 fully saturated rings. The Morgan fingerprint density at radius 1 is 1.33 bits per heavy atom. The minimum atomic E-state index is 0.569. The average molecular weight is 126 g/mol. The third kappa shape index (κ3) is 5.01. The second-order valence-corrected chi connectivity index (χ2v) is 2.03. The van der Waals surface area contributed by atoms with Gasteiger partial charge in [0, 0.05) is 0 Å². The van der Waals surface area contributed by atoms with Gasteiger partial charge in [0.05, 0.1) is 6.33 Å². The lowest BCUT2D eigenvalue weighted by molar-refractivity contribution is 0.713. The summed E-state index contributed by atoms with van der Waals surface area (Å²) in [7, 11) is 0. The molecule has 50 valence electrons. The van der Waals surface area contributed by atoms with Crippen molar-refractivity contribution in [2.45, 2.75) is 13.8 Å². The molecule has 9 heavy (non-hydrogen) atoms. The van der Waals surface area contributed by atoms with Gasteiger partial charge in [-0.25, -0.2) is 4.39 Å². The molecule has 0 unspecified atom stereocenters. The lowest BCUT2D eigenvalue weighted by atomic mass is 10.2. The average Bonchev–Trinajstić information content (AvgIpc) is 1.83. The minimum absolute atomic E-state index is 0.569. The lowest BCUT2D eigenvalue weighted by Crippen LogP contribution is -1.65. The van der Waals surface area contributed by atoms with Gasteiger partial charge in [0.2, 0.25) is 0 Å². The fourth-order valence-electron chi connectivity index (χ4n) is 0.310. The zero-order valence-electron chi connectivity index (χ0n) is 5.82. The maximum absolute atomic E-state index is 11.6. The highest BCUT2D eigenvalue weighted by Gasteiger charge is 1.77. The summed E-state index contributed by atoms with van der Waals surface area (Å²) in [6.45, 7) is 7.18. The van der Waals surface area contributed by atoms with Gasteiger partial charge in [-0.2, -0.15) is 0 Å². The summed E-state index contributed by atoms with van der Waals surface area (Å²) < 4.78 is 11.6. The second kappa shape index (κ2) is 4.07. The van der Waals surface area contributed by atoms with Crippen molar-refractivity contribution in [1.29, 1.82) is 0 Å². The fraction of sp³-hybridized carbons (Fsp3) is 0.250. The number of hydrogen-bond acceptors (Lipinski definition) is 0. The van der Waals surface area contributed by atoms with Crippen LogP contribution in [0.15, 0.2) is 36.2 Å². The maximum atomic E-state index is 11.6. The first kappa shape index (κ1) is 8.15. The van der Waals surface area contributed by atoms with Crippen LogP contribution in [0.4, 0.5) is 4.39 Å². The highest BCUT2D eigenvalue weighted by molar-refractivity contribution is 5.22. The van der Waals surface area contributed by atoms with Crippen LogP contribution in [0, 0.1) is 0 Å². The van der Waals surface area contributed by atoms with Crippen LogP contribution < -0.4 is 0 Å². The molecule has 0 spiro atoms. The Bertz CT molecular complexity index is 152. The van der Waals surface area contributed by atoms with Crippen molar-refractivity contribution in [2.75, 3.05) is 0 Å². The standard InChI is InChI=1S/C8H11F/c1-7(2)4-5-8(3)6-9/h4-6H,1H2,2-3H3/b5-4-,8-6-. The molecule has 0 nitrogen and oxygen atoms in total. The lowest BCUT2D eigenvalue weighted by Gasteiger charge is -1.85. The van der Waals surface area contributed by atoms with Gasteiger partial charge in [-0.1, -0.05) is 24.3 Å². The Morgan fingerprint density at radius 2 is 1.89 bits per heavy atom. The van der Waals surface area contributed by atoms with Crippen LogP contribution in [-0.4, -0.2) is 0 Å². The molecule has 0 aliphatic rings. The monoisotopic (exact) mass is 126 g/mol. The molecule has 0 heterocycles. The highest BCUT2D eigenvalue weighted by atomic mass is 19.1. The van der Waals surface area contributed by atoms with Gasteiger partial charge in [0.15, 0.2) is 0 Å². The van der Waals surface area contributed by atoms with Crippen molar-refractivity contribution in [3.8, 4) is 0 Å². The van der Waals surface area contributed by atoms with Gasteiger partial charge >= 0.3 is 0 Å². The topological polar surface area (TPSA) is 0 Å². The molecular formula is C8H11F. The quantitative estimate of drug-likeness (QED) is 0.499. The summed E-state index contributed by atoms with van der Waals surface area (Å²) in [6, 6.07) is 0. The van der Waals surface area contributed by atoms with Crippen LogP contribution in [0.5, 0.6) is 0 Å². The van der Waals surface area contributed by atoms with E-state index in [1.54, 1.807) is 19.1 Å². The van der Waals surface area contributed by atoms with Crippen LogP contribution in [0.3, 0.4) is 0 Å².